The Morgan fingerprint density at radius 3 is 2.46 bits per heavy atom. The van der Waals surface area contributed by atoms with Crippen LogP contribution >= 0.6 is 0 Å². The Kier molecular flexibility index (Phi) is 12.8. The van der Waals surface area contributed by atoms with Crippen molar-refractivity contribution >= 4 is 45.8 Å². The van der Waals surface area contributed by atoms with Gasteiger partial charge in [0.1, 0.15) is 29.5 Å². The van der Waals surface area contributed by atoms with Crippen LogP contribution < -0.4 is 10.6 Å². The number of fused-ring (bicyclic) bond motifs is 5. The molecular formula is C47H55FN8O7. The SMILES string of the molecule is C=CCCN(Cc1nc2ccc3cc(-c4ccc(-c5cnc(C6[C@H]7CC[C@H](C7)N6C(=O)[C@@H](NC(=O)OC)C6CCOCC6)[nH]5)c(F)c4)ccc3c2[nH]1)C(=O)[C@@H](NC(=O)OC)C(C)C. The summed E-state index contributed by atoms with van der Waals surface area (Å²) in [6.45, 7) is 9.17. The van der Waals surface area contributed by atoms with Crippen LogP contribution in [0.3, 0.4) is 0 Å². The predicted octanol–water partition coefficient (Wildman–Crippen LogP) is 7.40. The lowest BCUT2D eigenvalue weighted by Crippen LogP contribution is -2.55. The monoisotopic (exact) mass is 862 g/mol. The van der Waals surface area contributed by atoms with E-state index in [0.29, 0.717) is 67.5 Å². The average Bonchev–Trinajstić information content (AvgIpc) is 4.13. The largest absolute Gasteiger partial charge is 0.453 e. The van der Waals surface area contributed by atoms with Gasteiger partial charge in [-0.2, -0.15) is 0 Å². The average molecular weight is 863 g/mol. The number of rotatable bonds is 14. The van der Waals surface area contributed by atoms with Gasteiger partial charge < -0.3 is 44.6 Å². The van der Waals surface area contributed by atoms with E-state index in [9.17, 15) is 19.2 Å². The van der Waals surface area contributed by atoms with E-state index < -0.39 is 30.1 Å². The molecule has 5 aromatic rings. The van der Waals surface area contributed by atoms with Crippen LogP contribution in [-0.4, -0.2) is 106 Å². The summed E-state index contributed by atoms with van der Waals surface area (Å²) in [5.41, 5.74) is 3.94. The first kappa shape index (κ1) is 43.4. The molecule has 2 aliphatic heterocycles. The number of ether oxygens (including phenoxy) is 3. The molecule has 63 heavy (non-hydrogen) atoms. The molecule has 4 amide bonds. The number of piperidine rings is 1. The van der Waals surface area contributed by atoms with Crippen LogP contribution in [0.15, 0.2) is 67.4 Å². The molecule has 16 heteroatoms. The molecule has 332 valence electrons. The number of hydrogen-bond donors (Lipinski definition) is 4. The highest BCUT2D eigenvalue weighted by atomic mass is 19.1. The fourth-order valence-corrected chi connectivity index (χ4v) is 9.68. The third-order valence-corrected chi connectivity index (χ3v) is 12.9. The van der Waals surface area contributed by atoms with Gasteiger partial charge in [-0.3, -0.25) is 9.59 Å². The Morgan fingerprint density at radius 2 is 1.73 bits per heavy atom. The Morgan fingerprint density at radius 1 is 0.984 bits per heavy atom. The number of H-pyrrole nitrogens is 2. The molecule has 8 rings (SSSR count). The number of alkyl carbamates (subject to hydrolysis) is 2. The van der Waals surface area contributed by atoms with Crippen molar-refractivity contribution in [2.45, 2.75) is 83.1 Å². The number of likely N-dealkylation sites (tertiary alicyclic amines) is 1. The van der Waals surface area contributed by atoms with Crippen molar-refractivity contribution < 1.29 is 37.8 Å². The van der Waals surface area contributed by atoms with Crippen LogP contribution in [0.2, 0.25) is 0 Å². The van der Waals surface area contributed by atoms with Crippen molar-refractivity contribution in [3.8, 4) is 22.4 Å². The highest BCUT2D eigenvalue weighted by Gasteiger charge is 2.52. The van der Waals surface area contributed by atoms with Crippen molar-refractivity contribution in [2.75, 3.05) is 34.0 Å². The lowest BCUT2D eigenvalue weighted by Gasteiger charge is -2.39. The molecule has 1 unspecified atom stereocenters. The number of amides is 4. The van der Waals surface area contributed by atoms with Crippen molar-refractivity contribution in [3.05, 3.63) is 84.8 Å². The van der Waals surface area contributed by atoms with Crippen LogP contribution in [-0.2, 0) is 30.3 Å². The van der Waals surface area contributed by atoms with E-state index in [0.717, 1.165) is 46.6 Å². The highest BCUT2D eigenvalue weighted by Crippen LogP contribution is 2.50. The molecule has 3 fully saturated rings. The molecule has 1 saturated carbocycles. The minimum atomic E-state index is -0.781. The first-order valence-corrected chi connectivity index (χ1v) is 21.7. The number of nitrogens with zero attached hydrogens (tertiary/aromatic N) is 4. The molecule has 2 aromatic heterocycles. The summed E-state index contributed by atoms with van der Waals surface area (Å²) in [4.78, 5) is 72.4. The number of carbonyl (C=O) groups excluding carboxylic acids is 4. The summed E-state index contributed by atoms with van der Waals surface area (Å²) < 4.78 is 31.3. The summed E-state index contributed by atoms with van der Waals surface area (Å²) >= 11 is 0. The molecule has 5 atom stereocenters. The van der Waals surface area contributed by atoms with Gasteiger partial charge in [0.15, 0.2) is 0 Å². The first-order chi connectivity index (χ1) is 30.5. The lowest BCUT2D eigenvalue weighted by atomic mass is 9.89. The number of halogens is 1. The molecule has 2 bridgehead atoms. The molecule has 1 aliphatic carbocycles. The van der Waals surface area contributed by atoms with Gasteiger partial charge in [0, 0.05) is 36.8 Å². The zero-order valence-electron chi connectivity index (χ0n) is 36.1. The second-order valence-corrected chi connectivity index (χ2v) is 17.1. The Bertz CT molecular complexity index is 2510. The summed E-state index contributed by atoms with van der Waals surface area (Å²) in [5, 5.41) is 7.33. The Hall–Kier alpha value is -6.29. The number of nitrogens with one attached hydrogen (secondary N) is 4. The van der Waals surface area contributed by atoms with Gasteiger partial charge in [-0.15, -0.1) is 6.58 Å². The summed E-state index contributed by atoms with van der Waals surface area (Å²) in [7, 11) is 2.56. The first-order valence-electron chi connectivity index (χ1n) is 21.7. The van der Waals surface area contributed by atoms with Gasteiger partial charge in [-0.05, 0) is 97.1 Å². The Balaban J connectivity index is 1.01. The zero-order chi connectivity index (χ0) is 44.4. The molecule has 3 aliphatic rings. The quantitative estimate of drug-likeness (QED) is 0.0827. The van der Waals surface area contributed by atoms with Crippen molar-refractivity contribution in [1.82, 2.24) is 40.4 Å². The van der Waals surface area contributed by atoms with Gasteiger partial charge in [-0.1, -0.05) is 44.2 Å². The van der Waals surface area contributed by atoms with Crippen LogP contribution in [0.5, 0.6) is 0 Å². The molecule has 0 spiro atoms. The van der Waals surface area contributed by atoms with Crippen LogP contribution in [0.25, 0.3) is 44.2 Å². The van der Waals surface area contributed by atoms with Crippen LogP contribution in [0.4, 0.5) is 14.0 Å². The molecule has 3 aromatic carbocycles. The van der Waals surface area contributed by atoms with Crippen molar-refractivity contribution in [2.24, 2.45) is 17.8 Å². The normalized spacial score (nSPS) is 19.6. The molecular weight excluding hydrogens is 808 g/mol. The van der Waals surface area contributed by atoms with Gasteiger partial charge in [0.2, 0.25) is 11.8 Å². The summed E-state index contributed by atoms with van der Waals surface area (Å²) in [5.74, 6) is 0.317. The maximum atomic E-state index is 16.1. The van der Waals surface area contributed by atoms with E-state index in [-0.39, 0.29) is 48.2 Å². The van der Waals surface area contributed by atoms with Gasteiger partial charge >= 0.3 is 12.2 Å². The molecule has 15 nitrogen and oxygen atoms in total. The Labute approximate surface area is 365 Å². The zero-order valence-corrected chi connectivity index (χ0v) is 36.1. The number of methoxy groups -OCH3 is 2. The van der Waals surface area contributed by atoms with E-state index in [1.54, 1.807) is 23.2 Å². The number of imidazole rings is 2. The minimum Gasteiger partial charge on any atom is -0.453 e. The van der Waals surface area contributed by atoms with E-state index in [4.69, 9.17) is 24.2 Å². The van der Waals surface area contributed by atoms with E-state index in [2.05, 4.69) is 27.2 Å². The summed E-state index contributed by atoms with van der Waals surface area (Å²) in [6, 6.07) is 13.1. The maximum absolute atomic E-state index is 16.1. The van der Waals surface area contributed by atoms with Crippen LogP contribution in [0, 0.1) is 23.6 Å². The van der Waals surface area contributed by atoms with Crippen molar-refractivity contribution in [1.29, 1.82) is 0 Å². The van der Waals surface area contributed by atoms with Gasteiger partial charge in [0.05, 0.1) is 49.7 Å². The van der Waals surface area contributed by atoms with Crippen molar-refractivity contribution in [3.63, 3.8) is 0 Å². The molecule has 4 N–H and O–H groups in total. The lowest BCUT2D eigenvalue weighted by molar-refractivity contribution is -0.140. The van der Waals surface area contributed by atoms with E-state index in [1.807, 2.05) is 55.1 Å². The maximum Gasteiger partial charge on any atom is 0.407 e. The molecule has 4 heterocycles. The smallest absolute Gasteiger partial charge is 0.407 e. The third kappa shape index (κ3) is 8.86. The number of aromatic nitrogens is 4. The van der Waals surface area contributed by atoms with Gasteiger partial charge in [0.25, 0.3) is 0 Å². The minimum absolute atomic E-state index is 0.0292. The fourth-order valence-electron chi connectivity index (χ4n) is 9.68. The number of hydrogen-bond acceptors (Lipinski definition) is 9. The molecule has 2 saturated heterocycles. The van der Waals surface area contributed by atoms with E-state index in [1.165, 1.54) is 20.3 Å². The molecule has 0 radical (unpaired) electrons. The number of aromatic amines is 2. The second kappa shape index (κ2) is 18.6. The van der Waals surface area contributed by atoms with E-state index >= 15 is 4.39 Å². The van der Waals surface area contributed by atoms with Gasteiger partial charge in [-0.25, -0.2) is 23.9 Å². The second-order valence-electron chi connectivity index (χ2n) is 17.1. The standard InChI is InChI=1S/C47H55FN8O7/c1-6-7-18-55(44(57)39(26(2)3)53-46(59)61-4)25-38-50-36-15-11-30-21-28(9-13-33(30)41(36)52-38)29-10-14-34(35(48)23-29)37-24-49-43(51-37)42-31-8-12-32(22-31)56(42)45(58)40(54-47(60)62-5)27-16-19-63-20-17-27/h6,9-11,13-15,21,23-24,26-27,31-32,39-40,42H,1,7-8,12,16-20,22,25H2,2-5H3,(H,49,51)(H,50,52)(H,53,59)(H,54,60)/t31-,32+,39-,40-,42?/m0/s1. The van der Waals surface area contributed by atoms with Crippen LogP contribution in [0.1, 0.15) is 70.1 Å². The fraction of sp³-hybridized carbons (Fsp3) is 0.447. The third-order valence-electron chi connectivity index (χ3n) is 12.9. The predicted molar refractivity (Wildman–Crippen MR) is 235 cm³/mol. The summed E-state index contributed by atoms with van der Waals surface area (Å²) in [6.07, 6.45) is 6.60. The highest BCUT2D eigenvalue weighted by molar-refractivity contribution is 6.05. The number of carbonyl (C=O) groups is 4. The topological polar surface area (TPSA) is 184 Å². The number of benzene rings is 3.